The molecule has 4 N–H and O–H groups in total. The monoisotopic (exact) mass is 381 g/mol. The van der Waals surface area contributed by atoms with E-state index in [0.717, 1.165) is 4.88 Å². The summed E-state index contributed by atoms with van der Waals surface area (Å²) in [4.78, 5) is 25.9. The van der Waals surface area contributed by atoms with Crippen molar-refractivity contribution >= 4 is 29.0 Å². The van der Waals surface area contributed by atoms with E-state index in [1.165, 1.54) is 11.3 Å². The van der Waals surface area contributed by atoms with Gasteiger partial charge in [-0.15, -0.1) is 11.3 Å². The number of hydrazine groups is 1. The Morgan fingerprint density at radius 2 is 1.48 bits per heavy atom. The zero-order chi connectivity index (χ0) is 19.3. The summed E-state index contributed by atoms with van der Waals surface area (Å²) >= 11 is 1.50. The zero-order valence-corrected chi connectivity index (χ0v) is 15.4. The van der Waals surface area contributed by atoms with E-state index in [-0.39, 0.29) is 0 Å². The average Bonchev–Trinajstić information content (AvgIpc) is 3.11. The Hall–Kier alpha value is -3.16. The second-order valence-corrected chi connectivity index (χ2v) is 7.04. The van der Waals surface area contributed by atoms with E-state index in [1.54, 1.807) is 66.0 Å². The number of nitrogens with one attached hydrogen (secondary N) is 3. The van der Waals surface area contributed by atoms with Crippen molar-refractivity contribution in [1.82, 2.24) is 10.9 Å². The van der Waals surface area contributed by atoms with E-state index in [9.17, 15) is 14.7 Å². The Bertz CT molecular complexity index is 886. The maximum absolute atomic E-state index is 12.8. The highest BCUT2D eigenvalue weighted by Crippen LogP contribution is 2.29. The summed E-state index contributed by atoms with van der Waals surface area (Å²) in [5.41, 5.74) is 4.05. The number of carbonyl (C=O) groups excluding carboxylic acids is 2. The summed E-state index contributed by atoms with van der Waals surface area (Å²) in [6, 6.07) is 18.3. The predicted octanol–water partition coefficient (Wildman–Crippen LogP) is 3.15. The van der Waals surface area contributed by atoms with Gasteiger partial charge < -0.3 is 10.4 Å². The van der Waals surface area contributed by atoms with Gasteiger partial charge in [0.2, 0.25) is 0 Å². The van der Waals surface area contributed by atoms with Gasteiger partial charge in [-0.2, -0.15) is 0 Å². The van der Waals surface area contributed by atoms with Gasteiger partial charge in [0.25, 0.3) is 5.91 Å². The van der Waals surface area contributed by atoms with Gasteiger partial charge in [0.15, 0.2) is 5.60 Å². The smallest absolute Gasteiger partial charge is 0.337 e. The number of aryl methyl sites for hydroxylation is 1. The highest BCUT2D eigenvalue weighted by atomic mass is 32.1. The lowest BCUT2D eigenvalue weighted by molar-refractivity contribution is -0.137. The highest BCUT2D eigenvalue weighted by Gasteiger charge is 2.40. The summed E-state index contributed by atoms with van der Waals surface area (Å²) in [6.07, 6.45) is 0. The van der Waals surface area contributed by atoms with Crippen molar-refractivity contribution in [3.63, 3.8) is 0 Å². The number of anilines is 1. The van der Waals surface area contributed by atoms with Crippen LogP contribution in [0.15, 0.2) is 72.1 Å². The van der Waals surface area contributed by atoms with E-state index in [0.29, 0.717) is 16.8 Å². The molecule has 0 fully saturated rings. The molecule has 0 unspecified atom stereocenters. The van der Waals surface area contributed by atoms with Crippen LogP contribution in [0.25, 0.3) is 0 Å². The number of thiophene rings is 1. The standard InChI is InChI=1S/C20H19N3O3S/c1-14-12-17(13-27-14)21-19(25)23-22-18(24)20(26,15-8-4-2-5-9-15)16-10-6-3-7-11-16/h2-13,26H,1H3,(H,22,24)(H2,21,23,25). The number of carbonyl (C=O) groups is 2. The lowest BCUT2D eigenvalue weighted by atomic mass is 9.85. The lowest BCUT2D eigenvalue weighted by Crippen LogP contribution is -2.53. The van der Waals surface area contributed by atoms with Crippen LogP contribution in [0.1, 0.15) is 16.0 Å². The van der Waals surface area contributed by atoms with E-state index >= 15 is 0 Å². The molecule has 3 aromatic rings. The number of urea groups is 1. The minimum atomic E-state index is -1.95. The van der Waals surface area contributed by atoms with Crippen LogP contribution < -0.4 is 16.2 Å². The molecule has 27 heavy (non-hydrogen) atoms. The first-order valence-electron chi connectivity index (χ1n) is 8.26. The molecular formula is C20H19N3O3S. The molecule has 0 atom stereocenters. The topological polar surface area (TPSA) is 90.5 Å². The predicted molar refractivity (Wildman–Crippen MR) is 105 cm³/mol. The largest absolute Gasteiger partial charge is 0.372 e. The van der Waals surface area contributed by atoms with Crippen LogP contribution in [0, 0.1) is 6.92 Å². The minimum absolute atomic E-state index is 0.393. The highest BCUT2D eigenvalue weighted by molar-refractivity contribution is 7.10. The second kappa shape index (κ2) is 8.03. The molecule has 1 aromatic heterocycles. The van der Waals surface area contributed by atoms with Crippen LogP contribution in [-0.2, 0) is 10.4 Å². The van der Waals surface area contributed by atoms with Crippen molar-refractivity contribution in [3.05, 3.63) is 88.1 Å². The van der Waals surface area contributed by atoms with Crippen molar-refractivity contribution in [2.75, 3.05) is 5.32 Å². The number of rotatable bonds is 4. The second-order valence-electron chi connectivity index (χ2n) is 5.92. The quantitative estimate of drug-likeness (QED) is 0.523. The van der Waals surface area contributed by atoms with Crippen molar-refractivity contribution < 1.29 is 14.7 Å². The molecule has 0 radical (unpaired) electrons. The van der Waals surface area contributed by atoms with Crippen molar-refractivity contribution in [3.8, 4) is 0 Å². The first kappa shape index (κ1) is 18.6. The molecule has 0 bridgehead atoms. The van der Waals surface area contributed by atoms with Crippen molar-refractivity contribution in [2.45, 2.75) is 12.5 Å². The Balaban J connectivity index is 1.77. The SMILES string of the molecule is Cc1cc(NC(=O)NNC(=O)C(O)(c2ccccc2)c2ccccc2)cs1. The Kier molecular flexibility index (Phi) is 5.54. The third kappa shape index (κ3) is 4.16. The molecule has 3 amide bonds. The number of amides is 3. The summed E-state index contributed by atoms with van der Waals surface area (Å²) in [6.45, 7) is 1.93. The first-order chi connectivity index (χ1) is 13.0. The minimum Gasteiger partial charge on any atom is -0.372 e. The Morgan fingerprint density at radius 3 is 1.96 bits per heavy atom. The van der Waals surface area contributed by atoms with Gasteiger partial charge in [-0.05, 0) is 24.1 Å². The van der Waals surface area contributed by atoms with Gasteiger partial charge in [0, 0.05) is 10.3 Å². The van der Waals surface area contributed by atoms with Crippen LogP contribution >= 0.6 is 11.3 Å². The van der Waals surface area contributed by atoms with Crippen LogP contribution in [0.2, 0.25) is 0 Å². The molecule has 0 spiro atoms. The average molecular weight is 381 g/mol. The maximum Gasteiger partial charge on any atom is 0.337 e. The molecule has 1 heterocycles. The van der Waals surface area contributed by atoms with Gasteiger partial charge in [-0.1, -0.05) is 60.7 Å². The third-order valence-corrected chi connectivity index (χ3v) is 4.85. The molecular weight excluding hydrogens is 362 g/mol. The van der Waals surface area contributed by atoms with E-state index in [1.807, 2.05) is 13.0 Å². The van der Waals surface area contributed by atoms with Crippen molar-refractivity contribution in [2.24, 2.45) is 0 Å². The zero-order valence-electron chi connectivity index (χ0n) is 14.6. The third-order valence-electron chi connectivity index (χ3n) is 3.99. The summed E-state index contributed by atoms with van der Waals surface area (Å²) in [7, 11) is 0. The maximum atomic E-state index is 12.8. The molecule has 0 aliphatic carbocycles. The molecule has 3 rings (SSSR count). The number of hydrogen-bond donors (Lipinski definition) is 4. The molecule has 2 aromatic carbocycles. The molecule has 0 saturated heterocycles. The van der Waals surface area contributed by atoms with Crippen molar-refractivity contribution in [1.29, 1.82) is 0 Å². The number of aliphatic hydroxyl groups is 1. The molecule has 6 nitrogen and oxygen atoms in total. The summed E-state index contributed by atoms with van der Waals surface area (Å²) in [5.74, 6) is -0.767. The van der Waals surface area contributed by atoms with Gasteiger partial charge >= 0.3 is 6.03 Å². The number of benzene rings is 2. The molecule has 7 heteroatoms. The molecule has 0 saturated carbocycles. The first-order valence-corrected chi connectivity index (χ1v) is 9.14. The summed E-state index contributed by atoms with van der Waals surface area (Å²) < 4.78 is 0. The van der Waals surface area contributed by atoms with E-state index in [2.05, 4.69) is 16.2 Å². The molecule has 0 aliphatic heterocycles. The lowest BCUT2D eigenvalue weighted by Gasteiger charge is -2.28. The van der Waals surface area contributed by atoms with Crippen LogP contribution in [0.3, 0.4) is 0 Å². The fourth-order valence-electron chi connectivity index (χ4n) is 2.66. The van der Waals surface area contributed by atoms with Gasteiger partial charge in [-0.25, -0.2) is 10.2 Å². The fraction of sp³-hybridized carbons (Fsp3) is 0.100. The Labute approximate surface area is 160 Å². The van der Waals surface area contributed by atoms with E-state index < -0.39 is 17.5 Å². The fourth-order valence-corrected chi connectivity index (χ4v) is 3.30. The Morgan fingerprint density at radius 1 is 0.926 bits per heavy atom. The number of hydrogen-bond acceptors (Lipinski definition) is 4. The van der Waals surface area contributed by atoms with Crippen LogP contribution in [-0.4, -0.2) is 17.0 Å². The summed E-state index contributed by atoms with van der Waals surface area (Å²) in [5, 5.41) is 15.7. The van der Waals surface area contributed by atoms with Crippen LogP contribution in [0.5, 0.6) is 0 Å². The normalized spacial score (nSPS) is 10.9. The van der Waals surface area contributed by atoms with Gasteiger partial charge in [0.1, 0.15) is 0 Å². The molecule has 0 aliphatic rings. The van der Waals surface area contributed by atoms with Crippen LogP contribution in [0.4, 0.5) is 10.5 Å². The van der Waals surface area contributed by atoms with E-state index in [4.69, 9.17) is 0 Å². The molecule has 138 valence electrons. The van der Waals surface area contributed by atoms with Gasteiger partial charge in [0.05, 0.1) is 5.69 Å². The van der Waals surface area contributed by atoms with Gasteiger partial charge in [-0.3, -0.25) is 10.2 Å².